The number of carbonyl (C=O) groups is 1. The molecule has 0 heterocycles. The molecule has 0 atom stereocenters. The number of isothiocyanates is 1. The minimum Gasteiger partial charge on any atom is -0.266 e. The Bertz CT molecular complexity index is 478. The summed E-state index contributed by atoms with van der Waals surface area (Å²) in [5, 5.41) is 12.4. The molecule has 0 spiro atoms. The Hall–Kier alpha value is -1.91. The van der Waals surface area contributed by atoms with Crippen LogP contribution in [-0.4, -0.2) is 16.0 Å². The summed E-state index contributed by atoms with van der Waals surface area (Å²) in [6.45, 7) is 1.66. The van der Waals surface area contributed by atoms with Crippen molar-refractivity contribution in [2.24, 2.45) is 4.99 Å². The first-order chi connectivity index (χ1) is 7.04. The molecule has 0 bridgehead atoms. The van der Waals surface area contributed by atoms with Crippen molar-refractivity contribution in [3.63, 3.8) is 0 Å². The first-order valence-corrected chi connectivity index (χ1v) is 4.33. The van der Waals surface area contributed by atoms with Crippen molar-refractivity contribution in [1.82, 2.24) is 0 Å². The van der Waals surface area contributed by atoms with Crippen molar-refractivity contribution in [3.05, 3.63) is 39.4 Å². The van der Waals surface area contributed by atoms with Gasteiger partial charge in [0.1, 0.15) is 0 Å². The average molecular weight is 222 g/mol. The maximum absolute atomic E-state index is 11.3. The van der Waals surface area contributed by atoms with Gasteiger partial charge in [-0.15, -0.1) is 0 Å². The van der Waals surface area contributed by atoms with Crippen molar-refractivity contribution in [2.45, 2.75) is 6.92 Å². The third kappa shape index (κ3) is 2.77. The molecule has 0 aliphatic rings. The van der Waals surface area contributed by atoms with E-state index in [1.165, 1.54) is 12.1 Å². The van der Waals surface area contributed by atoms with Crippen molar-refractivity contribution >= 4 is 29.0 Å². The Kier molecular flexibility index (Phi) is 3.38. The quantitative estimate of drug-likeness (QED) is 0.332. The molecule has 0 saturated carbocycles. The van der Waals surface area contributed by atoms with Gasteiger partial charge in [-0.05, 0) is 30.8 Å². The summed E-state index contributed by atoms with van der Waals surface area (Å²) in [7, 11) is 0. The number of non-ortho nitro benzene ring substituents is 1. The molecule has 0 saturated heterocycles. The monoisotopic (exact) mass is 222 g/mol. The second-order valence-corrected chi connectivity index (χ2v) is 3.01. The van der Waals surface area contributed by atoms with Crippen LogP contribution in [-0.2, 0) is 0 Å². The van der Waals surface area contributed by atoms with Gasteiger partial charge < -0.3 is 0 Å². The standard InChI is InChI=1S/C9H6N2O3S/c1-6-2-7(9(12)10-5-15)4-8(3-6)11(13)14/h2-4H,1H3. The zero-order valence-electron chi connectivity index (χ0n) is 7.76. The lowest BCUT2D eigenvalue weighted by Gasteiger charge is -1.97. The van der Waals surface area contributed by atoms with Crippen LogP contribution in [0.1, 0.15) is 15.9 Å². The minimum atomic E-state index is -0.628. The van der Waals surface area contributed by atoms with Crippen LogP contribution in [0.2, 0.25) is 0 Å². The van der Waals surface area contributed by atoms with E-state index in [1.807, 2.05) is 5.16 Å². The SMILES string of the molecule is Cc1cc(C(=O)N=C=S)cc([N+](=O)[O-])c1. The fraction of sp³-hybridized carbons (Fsp3) is 0.111. The minimum absolute atomic E-state index is 0.138. The highest BCUT2D eigenvalue weighted by Crippen LogP contribution is 2.17. The summed E-state index contributed by atoms with van der Waals surface area (Å²) in [6, 6.07) is 4.04. The van der Waals surface area contributed by atoms with Crippen LogP contribution in [0.15, 0.2) is 23.2 Å². The number of nitro groups is 1. The number of thiocarbonyl (C=S) groups is 1. The molecule has 15 heavy (non-hydrogen) atoms. The van der Waals surface area contributed by atoms with E-state index in [4.69, 9.17) is 0 Å². The Balaban J connectivity index is 3.25. The molecule has 0 N–H and O–H groups in total. The van der Waals surface area contributed by atoms with Gasteiger partial charge in [0.2, 0.25) is 0 Å². The Morgan fingerprint density at radius 3 is 2.73 bits per heavy atom. The van der Waals surface area contributed by atoms with Gasteiger partial charge in [-0.3, -0.25) is 14.9 Å². The van der Waals surface area contributed by atoms with Crippen molar-refractivity contribution in [1.29, 1.82) is 0 Å². The number of hydrogen-bond donors (Lipinski definition) is 0. The first kappa shape index (κ1) is 11.2. The summed E-state index contributed by atoms with van der Waals surface area (Å²) in [4.78, 5) is 24.4. The molecule has 0 aliphatic carbocycles. The molecular formula is C9H6N2O3S. The maximum Gasteiger partial charge on any atom is 0.286 e. The summed E-state index contributed by atoms with van der Waals surface area (Å²) in [5.41, 5.74) is 0.615. The predicted octanol–water partition coefficient (Wildman–Crippen LogP) is 2.15. The zero-order chi connectivity index (χ0) is 11.4. The molecule has 5 nitrogen and oxygen atoms in total. The second-order valence-electron chi connectivity index (χ2n) is 2.82. The first-order valence-electron chi connectivity index (χ1n) is 3.93. The molecule has 1 aromatic rings. The van der Waals surface area contributed by atoms with Crippen LogP contribution >= 0.6 is 12.2 Å². The van der Waals surface area contributed by atoms with Crippen molar-refractivity contribution < 1.29 is 9.72 Å². The van der Waals surface area contributed by atoms with Crippen LogP contribution in [0.3, 0.4) is 0 Å². The lowest BCUT2D eigenvalue weighted by atomic mass is 10.1. The van der Waals surface area contributed by atoms with Gasteiger partial charge in [0.15, 0.2) is 0 Å². The molecule has 0 aliphatic heterocycles. The average Bonchev–Trinajstić information content (AvgIpc) is 2.17. The Morgan fingerprint density at radius 1 is 1.53 bits per heavy atom. The molecule has 1 rings (SSSR count). The summed E-state index contributed by atoms with van der Waals surface area (Å²) in [6.07, 6.45) is 0. The number of carbonyl (C=O) groups excluding carboxylic acids is 1. The lowest BCUT2D eigenvalue weighted by Crippen LogP contribution is -1.97. The van der Waals surface area contributed by atoms with Gasteiger partial charge in [0.05, 0.1) is 10.1 Å². The lowest BCUT2D eigenvalue weighted by molar-refractivity contribution is -0.384. The van der Waals surface area contributed by atoms with E-state index in [1.54, 1.807) is 6.92 Å². The molecular weight excluding hydrogens is 216 g/mol. The van der Waals surface area contributed by atoms with Crippen LogP contribution in [0.5, 0.6) is 0 Å². The fourth-order valence-electron chi connectivity index (χ4n) is 1.10. The Morgan fingerprint density at radius 2 is 2.20 bits per heavy atom. The summed E-state index contributed by atoms with van der Waals surface area (Å²) >= 11 is 4.27. The van der Waals surface area contributed by atoms with E-state index in [0.717, 1.165) is 6.07 Å². The van der Waals surface area contributed by atoms with Crippen LogP contribution in [0.4, 0.5) is 5.69 Å². The van der Waals surface area contributed by atoms with E-state index in [0.29, 0.717) is 5.56 Å². The second kappa shape index (κ2) is 4.54. The van der Waals surface area contributed by atoms with E-state index >= 15 is 0 Å². The molecule has 0 aromatic heterocycles. The number of nitrogens with zero attached hydrogens (tertiary/aromatic N) is 2. The number of benzene rings is 1. The van der Waals surface area contributed by atoms with Crippen LogP contribution in [0, 0.1) is 17.0 Å². The Labute approximate surface area is 90.6 Å². The van der Waals surface area contributed by atoms with E-state index in [9.17, 15) is 14.9 Å². The highest BCUT2D eigenvalue weighted by Gasteiger charge is 2.12. The van der Waals surface area contributed by atoms with E-state index in [-0.39, 0.29) is 11.3 Å². The summed E-state index contributed by atoms with van der Waals surface area (Å²) in [5.74, 6) is -0.628. The third-order valence-corrected chi connectivity index (χ3v) is 1.76. The van der Waals surface area contributed by atoms with Gasteiger partial charge in [-0.1, -0.05) is 0 Å². The molecule has 6 heteroatoms. The molecule has 0 unspecified atom stereocenters. The number of aryl methyl sites for hydroxylation is 1. The van der Waals surface area contributed by atoms with Gasteiger partial charge in [-0.2, -0.15) is 4.99 Å². The molecule has 0 radical (unpaired) electrons. The van der Waals surface area contributed by atoms with Crippen molar-refractivity contribution in [2.75, 3.05) is 0 Å². The summed E-state index contributed by atoms with van der Waals surface area (Å²) < 4.78 is 0. The number of amides is 1. The van der Waals surface area contributed by atoms with Gasteiger partial charge in [0, 0.05) is 17.7 Å². The van der Waals surface area contributed by atoms with Crippen LogP contribution in [0.25, 0.3) is 0 Å². The number of aliphatic imine (C=N–C) groups is 1. The van der Waals surface area contributed by atoms with Gasteiger partial charge in [0.25, 0.3) is 11.6 Å². The molecule has 1 aromatic carbocycles. The van der Waals surface area contributed by atoms with E-state index < -0.39 is 10.8 Å². The van der Waals surface area contributed by atoms with Crippen LogP contribution < -0.4 is 0 Å². The largest absolute Gasteiger partial charge is 0.286 e. The number of hydrogen-bond acceptors (Lipinski definition) is 4. The smallest absolute Gasteiger partial charge is 0.266 e. The zero-order valence-corrected chi connectivity index (χ0v) is 8.58. The third-order valence-electron chi connectivity index (χ3n) is 1.67. The van der Waals surface area contributed by atoms with Gasteiger partial charge in [-0.25, -0.2) is 0 Å². The van der Waals surface area contributed by atoms with Crippen molar-refractivity contribution in [3.8, 4) is 0 Å². The maximum atomic E-state index is 11.3. The molecule has 1 amide bonds. The van der Waals surface area contributed by atoms with Gasteiger partial charge >= 0.3 is 0 Å². The molecule has 0 fully saturated rings. The fourth-order valence-corrected chi connectivity index (χ4v) is 1.18. The highest BCUT2D eigenvalue weighted by molar-refractivity contribution is 7.78. The number of rotatable bonds is 2. The van der Waals surface area contributed by atoms with E-state index in [2.05, 4.69) is 17.2 Å². The predicted molar refractivity (Wildman–Crippen MR) is 57.2 cm³/mol. The molecule has 76 valence electrons. The highest BCUT2D eigenvalue weighted by atomic mass is 32.1. The topological polar surface area (TPSA) is 72.6 Å². The number of nitro benzene ring substituents is 1. The normalized spacial score (nSPS) is 9.13.